The van der Waals surface area contributed by atoms with Crippen LogP contribution in [0.15, 0.2) is 41.1 Å². The summed E-state index contributed by atoms with van der Waals surface area (Å²) in [7, 11) is 0. The molecular formula is C18H18ClNO3S. The molecule has 4 nitrogen and oxygen atoms in total. The molecule has 1 saturated heterocycles. The van der Waals surface area contributed by atoms with Crippen LogP contribution in [-0.2, 0) is 4.79 Å². The molecule has 0 aliphatic carbocycles. The van der Waals surface area contributed by atoms with Crippen molar-refractivity contribution in [3.63, 3.8) is 0 Å². The van der Waals surface area contributed by atoms with E-state index in [4.69, 9.17) is 11.6 Å². The van der Waals surface area contributed by atoms with E-state index < -0.39 is 12.0 Å². The maximum absolute atomic E-state index is 12.6. The first-order chi connectivity index (χ1) is 11.6. The average Bonchev–Trinajstić information content (AvgIpc) is 3.09. The van der Waals surface area contributed by atoms with Gasteiger partial charge in [-0.1, -0.05) is 11.6 Å². The molecule has 2 heterocycles. The number of likely N-dealkylation sites (tertiary alicyclic amines) is 1. The fourth-order valence-electron chi connectivity index (χ4n) is 3.21. The van der Waals surface area contributed by atoms with E-state index in [1.807, 2.05) is 21.7 Å². The molecule has 126 valence electrons. The third kappa shape index (κ3) is 3.69. The van der Waals surface area contributed by atoms with Gasteiger partial charge in [0.15, 0.2) is 5.78 Å². The van der Waals surface area contributed by atoms with Gasteiger partial charge in [0.25, 0.3) is 0 Å². The number of carboxylic acid groups (broad SMARTS) is 1. The smallest absolute Gasteiger partial charge is 0.325 e. The lowest BCUT2D eigenvalue weighted by molar-refractivity contribution is -0.144. The number of hydrogen-bond acceptors (Lipinski definition) is 4. The maximum atomic E-state index is 12.6. The van der Waals surface area contributed by atoms with Crippen LogP contribution >= 0.6 is 22.9 Å². The van der Waals surface area contributed by atoms with Gasteiger partial charge in [0, 0.05) is 16.5 Å². The summed E-state index contributed by atoms with van der Waals surface area (Å²) >= 11 is 7.36. The molecule has 1 unspecified atom stereocenters. The number of carboxylic acids is 1. The van der Waals surface area contributed by atoms with Crippen LogP contribution in [0.3, 0.4) is 0 Å². The van der Waals surface area contributed by atoms with Crippen LogP contribution in [-0.4, -0.2) is 34.8 Å². The van der Waals surface area contributed by atoms with Crippen LogP contribution in [0.4, 0.5) is 0 Å². The van der Waals surface area contributed by atoms with E-state index in [9.17, 15) is 14.7 Å². The molecule has 24 heavy (non-hydrogen) atoms. The largest absolute Gasteiger partial charge is 0.480 e. The zero-order valence-electron chi connectivity index (χ0n) is 13.0. The number of halogens is 1. The van der Waals surface area contributed by atoms with Crippen LogP contribution in [0.25, 0.3) is 0 Å². The number of thiophene rings is 1. The number of nitrogens with zero attached hydrogens (tertiary/aromatic N) is 1. The van der Waals surface area contributed by atoms with Crippen molar-refractivity contribution >= 4 is 34.7 Å². The van der Waals surface area contributed by atoms with Gasteiger partial charge in [0.2, 0.25) is 0 Å². The number of ketones is 1. The summed E-state index contributed by atoms with van der Waals surface area (Å²) in [6, 6.07) is 8.18. The number of rotatable bonds is 5. The van der Waals surface area contributed by atoms with Crippen molar-refractivity contribution in [1.29, 1.82) is 0 Å². The van der Waals surface area contributed by atoms with E-state index in [0.717, 1.165) is 5.56 Å². The molecule has 0 bridgehead atoms. The average molecular weight is 364 g/mol. The highest BCUT2D eigenvalue weighted by molar-refractivity contribution is 7.08. The number of benzene rings is 1. The quantitative estimate of drug-likeness (QED) is 0.812. The van der Waals surface area contributed by atoms with Crippen molar-refractivity contribution in [3.05, 3.63) is 57.2 Å². The Hall–Kier alpha value is -1.69. The minimum absolute atomic E-state index is 0.0562. The molecule has 1 fully saturated rings. The molecule has 2 aromatic rings. The third-order valence-electron chi connectivity index (χ3n) is 4.49. The van der Waals surface area contributed by atoms with Crippen LogP contribution in [0, 0.1) is 5.92 Å². The topological polar surface area (TPSA) is 57.6 Å². The predicted molar refractivity (Wildman–Crippen MR) is 94.8 cm³/mol. The van der Waals surface area contributed by atoms with Crippen LogP contribution in [0.1, 0.15) is 34.8 Å². The van der Waals surface area contributed by atoms with Crippen LogP contribution < -0.4 is 0 Å². The van der Waals surface area contributed by atoms with Crippen molar-refractivity contribution < 1.29 is 14.7 Å². The first-order valence-electron chi connectivity index (χ1n) is 7.85. The van der Waals surface area contributed by atoms with Crippen molar-refractivity contribution in [2.75, 3.05) is 13.1 Å². The number of Topliss-reactive ketones (excluding diaryl/α,β-unsaturated/α-hetero) is 1. The number of carbonyl (C=O) groups is 2. The molecule has 1 atom stereocenters. The normalized spacial score (nSPS) is 17.5. The first-order valence-corrected chi connectivity index (χ1v) is 9.17. The summed E-state index contributed by atoms with van der Waals surface area (Å²) in [5.41, 5.74) is 1.49. The molecule has 1 aromatic heterocycles. The van der Waals surface area contributed by atoms with E-state index in [0.29, 0.717) is 36.5 Å². The highest BCUT2D eigenvalue weighted by Gasteiger charge is 2.33. The SMILES string of the molecule is O=C(c1ccc(Cl)cc1)C1CCN(C(C(=O)O)c2ccsc2)CC1. The number of piperidine rings is 1. The van der Waals surface area contributed by atoms with Crippen molar-refractivity contribution in [2.45, 2.75) is 18.9 Å². The fraction of sp³-hybridized carbons (Fsp3) is 0.333. The van der Waals surface area contributed by atoms with Crippen molar-refractivity contribution in [1.82, 2.24) is 4.90 Å². The Morgan fingerprint density at radius 1 is 1.17 bits per heavy atom. The van der Waals surface area contributed by atoms with Gasteiger partial charge in [-0.25, -0.2) is 0 Å². The summed E-state index contributed by atoms with van der Waals surface area (Å²) in [4.78, 5) is 26.2. The monoisotopic (exact) mass is 363 g/mol. The van der Waals surface area contributed by atoms with Gasteiger partial charge in [0.05, 0.1) is 0 Å². The third-order valence-corrected chi connectivity index (χ3v) is 5.44. The number of carbonyl (C=O) groups excluding carboxylic acids is 1. The Kier molecular flexibility index (Phi) is 5.33. The zero-order valence-corrected chi connectivity index (χ0v) is 14.6. The minimum atomic E-state index is -0.837. The van der Waals surface area contributed by atoms with Gasteiger partial charge in [-0.15, -0.1) is 0 Å². The lowest BCUT2D eigenvalue weighted by Gasteiger charge is -2.35. The van der Waals surface area contributed by atoms with E-state index in [1.54, 1.807) is 24.3 Å². The second-order valence-corrected chi connectivity index (χ2v) is 7.20. The van der Waals surface area contributed by atoms with E-state index in [1.165, 1.54) is 11.3 Å². The molecule has 0 amide bonds. The molecule has 3 rings (SSSR count). The summed E-state index contributed by atoms with van der Waals surface area (Å²) in [5, 5.41) is 13.9. The van der Waals surface area contributed by atoms with Crippen molar-refractivity contribution in [3.8, 4) is 0 Å². The van der Waals surface area contributed by atoms with Gasteiger partial charge in [-0.3, -0.25) is 14.5 Å². The second kappa shape index (κ2) is 7.47. The lowest BCUT2D eigenvalue weighted by atomic mass is 9.88. The predicted octanol–water partition coefficient (Wildman–Crippen LogP) is 4.12. The number of aliphatic carboxylic acids is 1. The highest BCUT2D eigenvalue weighted by atomic mass is 35.5. The molecule has 0 radical (unpaired) electrons. The highest BCUT2D eigenvalue weighted by Crippen LogP contribution is 2.30. The minimum Gasteiger partial charge on any atom is -0.480 e. The Morgan fingerprint density at radius 3 is 2.38 bits per heavy atom. The first kappa shape index (κ1) is 17.1. The summed E-state index contributed by atoms with van der Waals surface area (Å²) in [6.45, 7) is 1.22. The summed E-state index contributed by atoms with van der Waals surface area (Å²) in [6.07, 6.45) is 1.35. The van der Waals surface area contributed by atoms with Gasteiger partial charge in [0.1, 0.15) is 6.04 Å². The Bertz CT molecular complexity index is 706. The summed E-state index contributed by atoms with van der Waals surface area (Å²) in [5.74, 6) is -0.774. The second-order valence-electron chi connectivity index (χ2n) is 5.98. The van der Waals surface area contributed by atoms with Gasteiger partial charge in [-0.05, 0) is 72.6 Å². The van der Waals surface area contributed by atoms with Crippen molar-refractivity contribution in [2.24, 2.45) is 5.92 Å². The van der Waals surface area contributed by atoms with Crippen LogP contribution in [0.2, 0.25) is 5.02 Å². The van der Waals surface area contributed by atoms with E-state index in [2.05, 4.69) is 0 Å². The van der Waals surface area contributed by atoms with Crippen LogP contribution in [0.5, 0.6) is 0 Å². The number of hydrogen-bond donors (Lipinski definition) is 1. The van der Waals surface area contributed by atoms with Gasteiger partial charge >= 0.3 is 5.97 Å². The van der Waals surface area contributed by atoms with Gasteiger partial charge < -0.3 is 5.11 Å². The molecule has 0 spiro atoms. The molecule has 1 aliphatic rings. The molecule has 1 aliphatic heterocycles. The van der Waals surface area contributed by atoms with E-state index >= 15 is 0 Å². The maximum Gasteiger partial charge on any atom is 0.325 e. The molecule has 6 heteroatoms. The Balaban J connectivity index is 1.65. The molecule has 1 N–H and O–H groups in total. The Labute approximate surface area is 149 Å². The standard InChI is InChI=1S/C18H18ClNO3S/c19-15-3-1-12(2-4-15)17(21)13-5-8-20(9-6-13)16(18(22)23)14-7-10-24-11-14/h1-4,7,10-11,13,16H,5-6,8-9H2,(H,22,23). The Morgan fingerprint density at radius 2 is 1.83 bits per heavy atom. The fourth-order valence-corrected chi connectivity index (χ4v) is 4.01. The molecule has 1 aromatic carbocycles. The zero-order chi connectivity index (χ0) is 17.1. The van der Waals surface area contributed by atoms with E-state index in [-0.39, 0.29) is 11.7 Å². The summed E-state index contributed by atoms with van der Waals surface area (Å²) < 4.78 is 0. The lowest BCUT2D eigenvalue weighted by Crippen LogP contribution is -2.41. The molecule has 0 saturated carbocycles. The van der Waals surface area contributed by atoms with Gasteiger partial charge in [-0.2, -0.15) is 11.3 Å². The molecular weight excluding hydrogens is 346 g/mol.